The van der Waals surface area contributed by atoms with Crippen LogP contribution in [-0.2, 0) is 0 Å². The second-order valence-corrected chi connectivity index (χ2v) is 7.17. The van der Waals surface area contributed by atoms with Gasteiger partial charge >= 0.3 is 0 Å². The molecular formula is C21H17ClN4O. The molecule has 0 aliphatic heterocycles. The van der Waals surface area contributed by atoms with Crippen molar-refractivity contribution in [3.05, 3.63) is 59.0 Å². The van der Waals surface area contributed by atoms with Crippen molar-refractivity contribution in [3.63, 3.8) is 0 Å². The summed E-state index contributed by atoms with van der Waals surface area (Å²) in [6.45, 7) is 4.30. The van der Waals surface area contributed by atoms with Gasteiger partial charge < -0.3 is 9.72 Å². The van der Waals surface area contributed by atoms with Gasteiger partial charge in [-0.25, -0.2) is 9.50 Å². The molecular weight excluding hydrogens is 360 g/mol. The van der Waals surface area contributed by atoms with Crippen LogP contribution in [0.25, 0.3) is 38.6 Å². The maximum Gasteiger partial charge on any atom is 0.197 e. The lowest BCUT2D eigenvalue weighted by Gasteiger charge is -2.12. The second kappa shape index (κ2) is 5.72. The predicted octanol–water partition coefficient (Wildman–Crippen LogP) is 5.31. The van der Waals surface area contributed by atoms with Gasteiger partial charge in [0, 0.05) is 38.6 Å². The fourth-order valence-electron chi connectivity index (χ4n) is 3.83. The highest BCUT2D eigenvalue weighted by atomic mass is 35.5. The average Bonchev–Trinajstić information content (AvgIpc) is 3.27. The molecule has 0 unspecified atom stereocenters. The van der Waals surface area contributed by atoms with E-state index in [1.54, 1.807) is 11.6 Å². The number of halogens is 1. The van der Waals surface area contributed by atoms with Crippen LogP contribution < -0.4 is 4.74 Å². The van der Waals surface area contributed by atoms with E-state index in [1.807, 2.05) is 30.5 Å². The molecule has 0 fully saturated rings. The summed E-state index contributed by atoms with van der Waals surface area (Å²) in [6.07, 6.45) is 3.52. The lowest BCUT2D eigenvalue weighted by Crippen LogP contribution is -1.96. The monoisotopic (exact) mass is 376 g/mol. The molecule has 5 nitrogen and oxygen atoms in total. The summed E-state index contributed by atoms with van der Waals surface area (Å²) >= 11 is 6.23. The number of H-pyrrole nitrogens is 1. The highest BCUT2D eigenvalue weighted by Gasteiger charge is 2.16. The van der Waals surface area contributed by atoms with Gasteiger partial charge in [0.2, 0.25) is 0 Å². The number of rotatable bonds is 2. The molecule has 27 heavy (non-hydrogen) atoms. The van der Waals surface area contributed by atoms with Crippen LogP contribution in [-0.4, -0.2) is 26.7 Å². The zero-order valence-corrected chi connectivity index (χ0v) is 15.9. The topological polar surface area (TPSA) is 55.2 Å². The molecule has 3 heterocycles. The number of fused-ring (bicyclic) bond motifs is 4. The molecule has 134 valence electrons. The molecule has 0 saturated carbocycles. The van der Waals surface area contributed by atoms with E-state index < -0.39 is 0 Å². The van der Waals surface area contributed by atoms with Gasteiger partial charge in [0.05, 0.1) is 7.11 Å². The Hall–Kier alpha value is -3.05. The summed E-state index contributed by atoms with van der Waals surface area (Å²) in [7, 11) is 1.65. The quantitative estimate of drug-likeness (QED) is 0.454. The zero-order chi connectivity index (χ0) is 18.7. The predicted molar refractivity (Wildman–Crippen MR) is 109 cm³/mol. The number of nitrogens with zero attached hydrogens (tertiary/aromatic N) is 3. The maximum atomic E-state index is 6.23. The third kappa shape index (κ3) is 2.32. The summed E-state index contributed by atoms with van der Waals surface area (Å²) < 4.78 is 7.27. The van der Waals surface area contributed by atoms with Gasteiger partial charge in [-0.2, -0.15) is 5.10 Å². The normalized spacial score (nSPS) is 11.7. The van der Waals surface area contributed by atoms with Gasteiger partial charge in [-0.1, -0.05) is 11.6 Å². The first-order chi connectivity index (χ1) is 13.1. The van der Waals surface area contributed by atoms with Crippen molar-refractivity contribution < 1.29 is 4.74 Å². The first-order valence-corrected chi connectivity index (χ1v) is 9.03. The van der Waals surface area contributed by atoms with Gasteiger partial charge in [0.15, 0.2) is 11.4 Å². The average molecular weight is 377 g/mol. The molecule has 0 atom stereocenters. The van der Waals surface area contributed by atoms with E-state index in [4.69, 9.17) is 16.3 Å². The Morgan fingerprint density at radius 1 is 1.07 bits per heavy atom. The lowest BCUT2D eigenvalue weighted by molar-refractivity contribution is 0.417. The van der Waals surface area contributed by atoms with Crippen molar-refractivity contribution in [1.29, 1.82) is 0 Å². The van der Waals surface area contributed by atoms with E-state index in [0.717, 1.165) is 32.6 Å². The first-order valence-electron chi connectivity index (χ1n) is 8.65. The SMILES string of the molecule is COc1cc(-c2cc3[nH]c4ccc(Cl)cc4c3c(C)c2C)cn2ncnc12. The molecule has 0 aliphatic carbocycles. The van der Waals surface area contributed by atoms with E-state index in [2.05, 4.69) is 35.0 Å². The number of aromatic nitrogens is 4. The number of aryl methyl sites for hydroxylation is 1. The van der Waals surface area contributed by atoms with Gasteiger partial charge in [-0.05, 0) is 60.9 Å². The molecule has 0 radical (unpaired) electrons. The summed E-state index contributed by atoms with van der Waals surface area (Å²) in [5.74, 6) is 0.700. The fourth-order valence-corrected chi connectivity index (χ4v) is 4.00. The maximum absolute atomic E-state index is 6.23. The minimum absolute atomic E-state index is 0.700. The third-order valence-corrected chi connectivity index (χ3v) is 5.53. The van der Waals surface area contributed by atoms with Gasteiger partial charge in [-0.15, -0.1) is 0 Å². The van der Waals surface area contributed by atoms with Crippen LogP contribution >= 0.6 is 11.6 Å². The van der Waals surface area contributed by atoms with Gasteiger partial charge in [0.25, 0.3) is 0 Å². The highest BCUT2D eigenvalue weighted by Crippen LogP contribution is 2.37. The van der Waals surface area contributed by atoms with E-state index in [9.17, 15) is 0 Å². The Labute approximate surface area is 160 Å². The number of pyridine rings is 1. The number of hydrogen-bond donors (Lipinski definition) is 1. The Morgan fingerprint density at radius 2 is 1.93 bits per heavy atom. The van der Waals surface area contributed by atoms with E-state index in [1.165, 1.54) is 22.8 Å². The van der Waals surface area contributed by atoms with Crippen molar-refractivity contribution in [1.82, 2.24) is 19.6 Å². The Kier molecular flexibility index (Phi) is 3.42. The van der Waals surface area contributed by atoms with Crippen LogP contribution in [0.1, 0.15) is 11.1 Å². The molecule has 0 bridgehead atoms. The molecule has 2 aromatic carbocycles. The molecule has 5 rings (SSSR count). The molecule has 0 spiro atoms. The number of benzene rings is 2. The molecule has 0 aliphatic rings. The number of hydrogen-bond acceptors (Lipinski definition) is 3. The van der Waals surface area contributed by atoms with E-state index in [-0.39, 0.29) is 0 Å². The van der Waals surface area contributed by atoms with E-state index >= 15 is 0 Å². The van der Waals surface area contributed by atoms with Crippen LogP contribution in [0, 0.1) is 13.8 Å². The van der Waals surface area contributed by atoms with Crippen LogP contribution in [0.2, 0.25) is 5.02 Å². The summed E-state index contributed by atoms with van der Waals surface area (Å²) in [4.78, 5) is 7.78. The lowest BCUT2D eigenvalue weighted by atomic mass is 9.94. The Bertz CT molecular complexity index is 1350. The number of ether oxygens (including phenoxy) is 1. The highest BCUT2D eigenvalue weighted by molar-refractivity contribution is 6.32. The largest absolute Gasteiger partial charge is 0.493 e. The standard InChI is InChI=1S/C21H17ClN4O/c1-11-12(2)20-16-7-14(22)4-5-17(16)25-18(20)8-15(11)13-6-19(27-3)21-23-10-24-26(21)9-13/h4-10,25H,1-3H3. The van der Waals surface area contributed by atoms with Crippen LogP contribution in [0.3, 0.4) is 0 Å². The summed E-state index contributed by atoms with van der Waals surface area (Å²) in [5, 5.41) is 7.37. The van der Waals surface area contributed by atoms with Crippen molar-refractivity contribution in [2.24, 2.45) is 0 Å². The van der Waals surface area contributed by atoms with Crippen LogP contribution in [0.15, 0.2) is 42.9 Å². The van der Waals surface area contributed by atoms with Crippen LogP contribution in [0.5, 0.6) is 5.75 Å². The zero-order valence-electron chi connectivity index (χ0n) is 15.2. The number of methoxy groups -OCH3 is 1. The molecule has 0 amide bonds. The number of aromatic amines is 1. The smallest absolute Gasteiger partial charge is 0.197 e. The van der Waals surface area contributed by atoms with Crippen molar-refractivity contribution in [3.8, 4) is 16.9 Å². The van der Waals surface area contributed by atoms with Crippen molar-refractivity contribution in [2.75, 3.05) is 7.11 Å². The molecule has 6 heteroatoms. The van der Waals surface area contributed by atoms with Gasteiger partial charge in [-0.3, -0.25) is 0 Å². The van der Waals surface area contributed by atoms with Crippen molar-refractivity contribution in [2.45, 2.75) is 13.8 Å². The fraction of sp³-hybridized carbons (Fsp3) is 0.143. The van der Waals surface area contributed by atoms with Gasteiger partial charge in [0.1, 0.15) is 6.33 Å². The van der Waals surface area contributed by atoms with Crippen molar-refractivity contribution >= 4 is 39.1 Å². The minimum atomic E-state index is 0.700. The number of nitrogens with one attached hydrogen (secondary N) is 1. The molecule has 0 saturated heterocycles. The molecule has 1 N–H and O–H groups in total. The first kappa shape index (κ1) is 16.1. The van der Waals surface area contributed by atoms with Crippen LogP contribution in [0.4, 0.5) is 0 Å². The summed E-state index contributed by atoms with van der Waals surface area (Å²) in [5.41, 5.74) is 7.48. The second-order valence-electron chi connectivity index (χ2n) is 6.74. The Morgan fingerprint density at radius 3 is 2.74 bits per heavy atom. The Balaban J connectivity index is 1.84. The molecule has 3 aromatic heterocycles. The minimum Gasteiger partial charge on any atom is -0.493 e. The molecule has 5 aromatic rings. The van der Waals surface area contributed by atoms with E-state index in [0.29, 0.717) is 11.4 Å². The summed E-state index contributed by atoms with van der Waals surface area (Å²) in [6, 6.07) is 10.1. The third-order valence-electron chi connectivity index (χ3n) is 5.29.